The van der Waals surface area contributed by atoms with Crippen molar-refractivity contribution in [2.75, 3.05) is 10.6 Å². The number of anilines is 2. The molecule has 0 saturated carbocycles. The average molecular weight is 565 g/mol. The second-order valence-electron chi connectivity index (χ2n) is 11.2. The highest BCUT2D eigenvalue weighted by Crippen LogP contribution is 2.15. The summed E-state index contributed by atoms with van der Waals surface area (Å²) >= 11 is 0. The van der Waals surface area contributed by atoms with E-state index < -0.39 is 35.2 Å². The third-order valence-corrected chi connectivity index (χ3v) is 5.16. The molecule has 0 saturated heterocycles. The van der Waals surface area contributed by atoms with Crippen molar-refractivity contribution < 1.29 is 33.1 Å². The van der Waals surface area contributed by atoms with Gasteiger partial charge in [-0.15, -0.1) is 0 Å². The van der Waals surface area contributed by atoms with Gasteiger partial charge in [-0.3, -0.25) is 20.2 Å². The van der Waals surface area contributed by atoms with Crippen molar-refractivity contribution in [1.29, 1.82) is 0 Å². The van der Waals surface area contributed by atoms with Crippen molar-refractivity contribution >= 4 is 35.4 Å². The highest BCUT2D eigenvalue weighted by Gasteiger charge is 2.18. The van der Waals surface area contributed by atoms with E-state index in [4.69, 9.17) is 13.9 Å². The van der Waals surface area contributed by atoms with Gasteiger partial charge in [0.15, 0.2) is 11.5 Å². The normalized spacial score (nSPS) is 11.3. The summed E-state index contributed by atoms with van der Waals surface area (Å²) in [5, 5.41) is 10.8. The molecule has 0 unspecified atom stereocenters. The average Bonchev–Trinajstić information content (AvgIpc) is 3.36. The number of carbonyl (C=O) groups is 4. The minimum atomic E-state index is -0.601. The Bertz CT molecular complexity index is 1260. The van der Waals surface area contributed by atoms with Crippen LogP contribution in [0.1, 0.15) is 73.8 Å². The van der Waals surface area contributed by atoms with Crippen molar-refractivity contribution in [3.8, 4) is 0 Å². The number of furan rings is 1. The lowest BCUT2D eigenvalue weighted by Gasteiger charge is -2.19. The van der Waals surface area contributed by atoms with E-state index in [1.165, 1.54) is 12.1 Å². The number of amides is 4. The monoisotopic (exact) mass is 564 g/mol. The van der Waals surface area contributed by atoms with Gasteiger partial charge in [0, 0.05) is 24.5 Å². The molecule has 11 heteroatoms. The third kappa shape index (κ3) is 10.7. The molecule has 4 amide bonds. The van der Waals surface area contributed by atoms with Crippen LogP contribution in [0.25, 0.3) is 0 Å². The molecule has 0 bridgehead atoms. The molecule has 3 aromatic rings. The molecule has 0 fully saturated rings. The van der Waals surface area contributed by atoms with E-state index in [2.05, 4.69) is 21.3 Å². The Hall–Kier alpha value is -4.80. The van der Waals surface area contributed by atoms with Crippen molar-refractivity contribution in [2.24, 2.45) is 0 Å². The minimum Gasteiger partial charge on any atom is -0.446 e. The molecule has 4 N–H and O–H groups in total. The molecule has 0 aliphatic heterocycles. The Kier molecular flexibility index (Phi) is 9.77. The van der Waals surface area contributed by atoms with Crippen LogP contribution in [-0.4, -0.2) is 35.2 Å². The lowest BCUT2D eigenvalue weighted by Crippen LogP contribution is -2.27. The number of benzene rings is 2. The van der Waals surface area contributed by atoms with Gasteiger partial charge in [-0.25, -0.2) is 9.59 Å². The fourth-order valence-corrected chi connectivity index (χ4v) is 3.38. The van der Waals surface area contributed by atoms with Crippen LogP contribution in [0.15, 0.2) is 65.1 Å². The number of ether oxygens (including phenoxy) is 2. The van der Waals surface area contributed by atoms with Crippen LogP contribution >= 0.6 is 0 Å². The van der Waals surface area contributed by atoms with Gasteiger partial charge in [0.1, 0.15) is 11.2 Å². The zero-order valence-electron chi connectivity index (χ0n) is 24.0. The van der Waals surface area contributed by atoms with E-state index in [0.29, 0.717) is 11.4 Å². The highest BCUT2D eigenvalue weighted by atomic mass is 16.6. The maximum absolute atomic E-state index is 12.5. The molecule has 11 nitrogen and oxygen atoms in total. The Morgan fingerprint density at radius 2 is 0.927 bits per heavy atom. The third-order valence-electron chi connectivity index (χ3n) is 5.16. The SMILES string of the molecule is CC(C)(C)OC(=O)Nc1ccc(CNC(=O)c2ccc(C(=O)NCc3ccc(NC(=O)OC(C)(C)C)cc3)o2)cc1. The van der Waals surface area contributed by atoms with Gasteiger partial charge in [0.05, 0.1) is 0 Å². The molecule has 41 heavy (non-hydrogen) atoms. The smallest absolute Gasteiger partial charge is 0.412 e. The first-order valence-electron chi connectivity index (χ1n) is 13.0. The van der Waals surface area contributed by atoms with Crippen molar-refractivity contribution in [3.05, 3.63) is 83.3 Å². The van der Waals surface area contributed by atoms with E-state index >= 15 is 0 Å². The maximum Gasteiger partial charge on any atom is 0.412 e. The first kappa shape index (κ1) is 30.7. The molecule has 1 heterocycles. The number of carbonyl (C=O) groups excluding carboxylic acids is 4. The quantitative estimate of drug-likeness (QED) is 0.269. The summed E-state index contributed by atoms with van der Waals surface area (Å²) in [4.78, 5) is 48.8. The molecular weight excluding hydrogens is 528 g/mol. The molecule has 0 radical (unpaired) electrons. The summed E-state index contributed by atoms with van der Waals surface area (Å²) in [6.45, 7) is 11.1. The zero-order valence-corrected chi connectivity index (χ0v) is 24.0. The number of hydrogen-bond donors (Lipinski definition) is 4. The molecule has 2 aromatic carbocycles. The van der Waals surface area contributed by atoms with Gasteiger partial charge in [0.2, 0.25) is 0 Å². The fraction of sp³-hybridized carbons (Fsp3) is 0.333. The predicted molar refractivity (Wildman–Crippen MR) is 154 cm³/mol. The van der Waals surface area contributed by atoms with Crippen molar-refractivity contribution in [2.45, 2.75) is 65.8 Å². The van der Waals surface area contributed by atoms with Crippen LogP contribution < -0.4 is 21.3 Å². The minimum absolute atomic E-state index is 0.00377. The summed E-state index contributed by atoms with van der Waals surface area (Å²) < 4.78 is 15.9. The van der Waals surface area contributed by atoms with Crippen LogP contribution in [0.3, 0.4) is 0 Å². The number of rotatable bonds is 8. The topological polar surface area (TPSA) is 148 Å². The van der Waals surface area contributed by atoms with Gasteiger partial charge < -0.3 is 24.5 Å². The second-order valence-corrected chi connectivity index (χ2v) is 11.2. The van der Waals surface area contributed by atoms with E-state index in [1.807, 2.05) is 0 Å². The Morgan fingerprint density at radius 1 is 0.585 bits per heavy atom. The number of hydrogen-bond acceptors (Lipinski definition) is 7. The van der Waals surface area contributed by atoms with Gasteiger partial charge in [-0.2, -0.15) is 0 Å². The summed E-state index contributed by atoms with van der Waals surface area (Å²) in [5.41, 5.74) is 1.51. The second kappa shape index (κ2) is 13.0. The van der Waals surface area contributed by atoms with Crippen molar-refractivity contribution in [1.82, 2.24) is 10.6 Å². The van der Waals surface area contributed by atoms with Crippen LogP contribution in [0, 0.1) is 0 Å². The van der Waals surface area contributed by atoms with Gasteiger partial charge >= 0.3 is 12.2 Å². The Morgan fingerprint density at radius 3 is 1.24 bits per heavy atom. The van der Waals surface area contributed by atoms with Gasteiger partial charge in [0.25, 0.3) is 11.8 Å². The zero-order chi connectivity index (χ0) is 30.2. The maximum atomic E-state index is 12.5. The number of nitrogens with one attached hydrogen (secondary N) is 4. The lowest BCUT2D eigenvalue weighted by molar-refractivity contribution is 0.0624. The molecular formula is C30H36N4O7. The van der Waals surface area contributed by atoms with E-state index in [9.17, 15) is 19.2 Å². The molecule has 0 atom stereocenters. The highest BCUT2D eigenvalue weighted by molar-refractivity contribution is 5.95. The summed E-state index contributed by atoms with van der Waals surface area (Å²) in [6, 6.07) is 16.7. The van der Waals surface area contributed by atoms with Crippen LogP contribution in [-0.2, 0) is 22.6 Å². The summed E-state index contributed by atoms with van der Waals surface area (Å²) in [6.07, 6.45) is -1.11. The molecule has 0 aliphatic carbocycles. The Labute approximate surface area is 239 Å². The molecule has 3 rings (SSSR count). The van der Waals surface area contributed by atoms with E-state index in [0.717, 1.165) is 11.1 Å². The molecule has 218 valence electrons. The van der Waals surface area contributed by atoms with Crippen LogP contribution in [0.5, 0.6) is 0 Å². The fourth-order valence-electron chi connectivity index (χ4n) is 3.38. The first-order valence-corrected chi connectivity index (χ1v) is 13.0. The predicted octanol–water partition coefficient (Wildman–Crippen LogP) is 5.83. The van der Waals surface area contributed by atoms with Crippen LogP contribution in [0.2, 0.25) is 0 Å². The standard InChI is InChI=1S/C30H36N4O7/c1-29(2,3)40-27(37)33-21-11-7-19(8-12-21)17-31-25(35)23-15-16-24(39-23)26(36)32-18-20-9-13-22(14-10-20)34-28(38)41-30(4,5)6/h7-16H,17-18H2,1-6H3,(H,31,35)(H,32,36)(H,33,37)(H,34,38). The lowest BCUT2D eigenvalue weighted by atomic mass is 10.2. The largest absolute Gasteiger partial charge is 0.446 e. The molecule has 0 aliphatic rings. The van der Waals surface area contributed by atoms with Gasteiger partial charge in [-0.1, -0.05) is 24.3 Å². The first-order chi connectivity index (χ1) is 19.2. The van der Waals surface area contributed by atoms with Crippen molar-refractivity contribution in [3.63, 3.8) is 0 Å². The van der Waals surface area contributed by atoms with E-state index in [1.54, 1.807) is 90.1 Å². The van der Waals surface area contributed by atoms with Gasteiger partial charge in [-0.05, 0) is 89.1 Å². The Balaban J connectivity index is 1.44. The molecule has 1 aromatic heterocycles. The summed E-state index contributed by atoms with van der Waals surface area (Å²) in [7, 11) is 0. The summed E-state index contributed by atoms with van der Waals surface area (Å²) in [5.74, 6) is -0.965. The molecule has 0 spiro atoms. The van der Waals surface area contributed by atoms with E-state index in [-0.39, 0.29) is 24.6 Å². The van der Waals surface area contributed by atoms with Crippen LogP contribution in [0.4, 0.5) is 21.0 Å².